The maximum absolute atomic E-state index is 14.3. The van der Waals surface area contributed by atoms with E-state index >= 15 is 0 Å². The van der Waals surface area contributed by atoms with Crippen LogP contribution in [0.3, 0.4) is 0 Å². The molecular weight excluding hydrogens is 698 g/mol. The minimum Gasteiger partial charge on any atom is -0.507 e. The molecule has 7 rings (SSSR count). The third-order valence-corrected chi connectivity index (χ3v) is 9.29. The van der Waals surface area contributed by atoms with Crippen LogP contribution < -0.4 is 24.4 Å². The Hall–Kier alpha value is -5.81. The van der Waals surface area contributed by atoms with E-state index in [0.29, 0.717) is 35.9 Å². The number of phenolic OH excluding ortho intramolecular Hbond substituents is 1. The van der Waals surface area contributed by atoms with Crippen LogP contribution in [-0.2, 0) is 24.6 Å². The van der Waals surface area contributed by atoms with Crippen LogP contribution in [0.25, 0.3) is 22.3 Å². The maximum atomic E-state index is 14.3. The van der Waals surface area contributed by atoms with E-state index in [2.05, 4.69) is 4.90 Å². The first kappa shape index (κ1) is 37.5. The predicted molar refractivity (Wildman–Crippen MR) is 210 cm³/mol. The van der Waals surface area contributed by atoms with Crippen LogP contribution in [0.1, 0.15) is 37.5 Å². The van der Waals surface area contributed by atoms with Gasteiger partial charge in [-0.15, -0.1) is 0 Å². The zero-order valence-electron chi connectivity index (χ0n) is 31.1. The number of aliphatic hydroxyl groups is 1. The van der Waals surface area contributed by atoms with E-state index < -0.39 is 17.8 Å². The molecule has 0 aliphatic carbocycles. The lowest BCUT2D eigenvalue weighted by atomic mass is 10.1. The number of ether oxygens (including phenoxy) is 5. The first-order valence-corrected chi connectivity index (χ1v) is 18.4. The van der Waals surface area contributed by atoms with Crippen molar-refractivity contribution in [3.05, 3.63) is 148 Å². The Morgan fingerprint density at radius 3 is 1.87 bits per heavy atom. The van der Waals surface area contributed by atoms with Crippen LogP contribution in [-0.4, -0.2) is 52.7 Å². The number of hydrogen-bond acceptors (Lipinski definition) is 10. The maximum Gasteiger partial charge on any atom is 0.239 e. The molecule has 0 spiro atoms. The Morgan fingerprint density at radius 1 is 0.727 bits per heavy atom. The van der Waals surface area contributed by atoms with Crippen molar-refractivity contribution in [3.63, 3.8) is 0 Å². The van der Waals surface area contributed by atoms with Gasteiger partial charge in [0.15, 0.2) is 23.5 Å². The normalized spacial score (nSPS) is 17.0. The summed E-state index contributed by atoms with van der Waals surface area (Å²) in [7, 11) is 0. The highest BCUT2D eigenvalue weighted by Gasteiger charge is 2.33. The van der Waals surface area contributed by atoms with Crippen molar-refractivity contribution < 1.29 is 38.3 Å². The molecule has 0 amide bonds. The molecule has 1 aliphatic rings. The number of aromatic hydroxyl groups is 1. The molecule has 0 radical (unpaired) electrons. The lowest BCUT2D eigenvalue weighted by Gasteiger charge is -2.41. The van der Waals surface area contributed by atoms with E-state index in [0.717, 1.165) is 16.7 Å². The van der Waals surface area contributed by atoms with E-state index in [4.69, 9.17) is 28.1 Å². The molecule has 1 saturated heterocycles. The molecule has 0 saturated carbocycles. The first-order chi connectivity index (χ1) is 26.7. The van der Waals surface area contributed by atoms with Gasteiger partial charge in [0, 0.05) is 30.8 Å². The van der Waals surface area contributed by atoms with Crippen LogP contribution in [0, 0.1) is 0 Å². The van der Waals surface area contributed by atoms with Crippen LogP contribution >= 0.6 is 0 Å². The molecule has 2 heterocycles. The standard InChI is InChI=1S/C45H45NO9/c1-29-24-46(25-30(2)53-29)45(31(3)47)55-39-21-35(19-20-38(39)51-27-33-15-9-5-10-16-33)43-44(52-28-34-17-11-6-12-18-34)42(49)41-37(48)22-36(23-40(41)54-43)50-26-32-13-7-4-8-14-32/h4-23,29-31,45,47-48H,24-28H2,1-3H3/t29-,30+,31?,45?. The molecule has 4 atom stereocenters. The van der Waals surface area contributed by atoms with Crippen molar-refractivity contribution in [1.29, 1.82) is 0 Å². The molecule has 1 aliphatic heterocycles. The lowest BCUT2D eigenvalue weighted by molar-refractivity contribution is -0.138. The average molecular weight is 744 g/mol. The van der Waals surface area contributed by atoms with Gasteiger partial charge in [-0.2, -0.15) is 0 Å². The van der Waals surface area contributed by atoms with Gasteiger partial charge in [0.05, 0.1) is 12.2 Å². The Balaban J connectivity index is 1.32. The molecule has 10 heteroatoms. The molecule has 2 N–H and O–H groups in total. The molecule has 6 aromatic rings. The zero-order chi connectivity index (χ0) is 38.3. The van der Waals surface area contributed by atoms with E-state index in [-0.39, 0.29) is 60.3 Å². The Morgan fingerprint density at radius 2 is 1.29 bits per heavy atom. The number of morpholine rings is 1. The third kappa shape index (κ3) is 9.12. The quantitative estimate of drug-likeness (QED) is 0.113. The molecule has 1 fully saturated rings. The Labute approximate surface area is 320 Å². The summed E-state index contributed by atoms with van der Waals surface area (Å²) in [6, 6.07) is 37.1. The molecule has 10 nitrogen and oxygen atoms in total. The summed E-state index contributed by atoms with van der Waals surface area (Å²) in [4.78, 5) is 16.4. The Bertz CT molecular complexity index is 2230. The van der Waals surface area contributed by atoms with Crippen molar-refractivity contribution in [1.82, 2.24) is 4.90 Å². The van der Waals surface area contributed by atoms with Gasteiger partial charge >= 0.3 is 0 Å². The summed E-state index contributed by atoms with van der Waals surface area (Å²) in [6.07, 6.45) is -1.77. The summed E-state index contributed by atoms with van der Waals surface area (Å²) in [5, 5.41) is 22.2. The van der Waals surface area contributed by atoms with Crippen molar-refractivity contribution in [3.8, 4) is 40.1 Å². The second-order valence-corrected chi connectivity index (χ2v) is 13.8. The highest BCUT2D eigenvalue weighted by molar-refractivity contribution is 5.88. The molecule has 284 valence electrons. The molecular formula is C45H45NO9. The second kappa shape index (κ2) is 17.1. The number of phenols is 1. The molecule has 55 heavy (non-hydrogen) atoms. The van der Waals surface area contributed by atoms with Gasteiger partial charge in [-0.05, 0) is 55.7 Å². The van der Waals surface area contributed by atoms with E-state index in [9.17, 15) is 15.0 Å². The third-order valence-electron chi connectivity index (χ3n) is 9.29. The van der Waals surface area contributed by atoms with Crippen LogP contribution in [0.5, 0.6) is 28.7 Å². The van der Waals surface area contributed by atoms with Gasteiger partial charge < -0.3 is 38.3 Å². The van der Waals surface area contributed by atoms with Gasteiger partial charge in [-0.3, -0.25) is 9.69 Å². The van der Waals surface area contributed by atoms with Gasteiger partial charge in [0.2, 0.25) is 11.2 Å². The monoisotopic (exact) mass is 743 g/mol. The van der Waals surface area contributed by atoms with E-state index in [1.54, 1.807) is 31.2 Å². The fourth-order valence-corrected chi connectivity index (χ4v) is 6.76. The van der Waals surface area contributed by atoms with Crippen molar-refractivity contribution in [2.45, 2.75) is 65.1 Å². The fourth-order valence-electron chi connectivity index (χ4n) is 6.76. The van der Waals surface area contributed by atoms with E-state index in [1.807, 2.05) is 105 Å². The number of rotatable bonds is 14. The number of benzene rings is 5. The Kier molecular flexibility index (Phi) is 11.7. The highest BCUT2D eigenvalue weighted by atomic mass is 16.5. The molecule has 1 aromatic heterocycles. The summed E-state index contributed by atoms with van der Waals surface area (Å²) >= 11 is 0. The summed E-state index contributed by atoms with van der Waals surface area (Å²) in [6.45, 7) is 7.36. The first-order valence-electron chi connectivity index (χ1n) is 18.4. The molecule has 5 aromatic carbocycles. The van der Waals surface area contributed by atoms with Gasteiger partial charge in [0.25, 0.3) is 0 Å². The number of aliphatic hydroxyl groups excluding tert-OH is 1. The topological polar surface area (TPSA) is 120 Å². The zero-order valence-corrected chi connectivity index (χ0v) is 31.1. The highest BCUT2D eigenvalue weighted by Crippen LogP contribution is 2.40. The van der Waals surface area contributed by atoms with Gasteiger partial charge in [0.1, 0.15) is 48.4 Å². The fraction of sp³-hybridized carbons (Fsp3) is 0.267. The number of fused-ring (bicyclic) bond motifs is 1. The second-order valence-electron chi connectivity index (χ2n) is 13.8. The molecule has 0 bridgehead atoms. The summed E-state index contributed by atoms with van der Waals surface area (Å²) in [5.41, 5.74) is 2.75. The van der Waals surface area contributed by atoms with Crippen LogP contribution in [0.2, 0.25) is 0 Å². The number of nitrogens with zero attached hydrogens (tertiary/aromatic N) is 1. The van der Waals surface area contributed by atoms with Crippen LogP contribution in [0.15, 0.2) is 131 Å². The smallest absolute Gasteiger partial charge is 0.239 e. The largest absolute Gasteiger partial charge is 0.507 e. The SMILES string of the molecule is CC(O)C(Oc1cc(-c2oc3cc(OCc4ccccc4)cc(O)c3c(=O)c2OCc2ccccc2)ccc1OCc1ccccc1)N1C[C@@H](C)O[C@@H](C)C1. The van der Waals surface area contributed by atoms with Crippen molar-refractivity contribution in [2.24, 2.45) is 0 Å². The average Bonchev–Trinajstić information content (AvgIpc) is 3.18. The summed E-state index contributed by atoms with van der Waals surface area (Å²) in [5.74, 6) is 0.810. The lowest BCUT2D eigenvalue weighted by Crippen LogP contribution is -2.55. The minimum absolute atomic E-state index is 0.0390. The van der Waals surface area contributed by atoms with Crippen molar-refractivity contribution in [2.75, 3.05) is 13.1 Å². The van der Waals surface area contributed by atoms with Gasteiger partial charge in [-0.25, -0.2) is 0 Å². The summed E-state index contributed by atoms with van der Waals surface area (Å²) < 4.78 is 37.7. The predicted octanol–water partition coefficient (Wildman–Crippen LogP) is 8.10. The van der Waals surface area contributed by atoms with Crippen molar-refractivity contribution >= 4 is 11.0 Å². The van der Waals surface area contributed by atoms with Gasteiger partial charge in [-0.1, -0.05) is 91.0 Å². The number of hydrogen-bond donors (Lipinski definition) is 2. The van der Waals surface area contributed by atoms with Crippen LogP contribution in [0.4, 0.5) is 0 Å². The minimum atomic E-state index is -0.885. The molecule has 2 unspecified atom stereocenters. The van der Waals surface area contributed by atoms with E-state index in [1.165, 1.54) is 6.07 Å².